The molecule has 0 spiro atoms. The van der Waals surface area contributed by atoms with Crippen LogP contribution in [0.25, 0.3) is 22.0 Å². The number of benzene rings is 2. The number of fused-ring (bicyclic) bond motifs is 1. The van der Waals surface area contributed by atoms with Crippen molar-refractivity contribution in [3.63, 3.8) is 0 Å². The van der Waals surface area contributed by atoms with Gasteiger partial charge >= 0.3 is 6.09 Å². The number of ether oxygens (including phenoxy) is 1. The Morgan fingerprint density at radius 1 is 1.28 bits per heavy atom. The zero-order valence-electron chi connectivity index (χ0n) is 20.6. The van der Waals surface area contributed by atoms with Gasteiger partial charge in [-0.2, -0.15) is 9.94 Å². The number of rotatable bonds is 4. The predicted octanol–water partition coefficient (Wildman–Crippen LogP) is 5.76. The van der Waals surface area contributed by atoms with Crippen LogP contribution in [-0.4, -0.2) is 40.0 Å². The molecular formula is C26H29Cl2N5O3. The second kappa shape index (κ2) is 10.9. The van der Waals surface area contributed by atoms with Gasteiger partial charge in [-0.25, -0.2) is 4.79 Å². The Balaban J connectivity index is 0.00000361. The molecule has 190 valence electrons. The zero-order valence-corrected chi connectivity index (χ0v) is 22.2. The number of hydrogen-bond acceptors (Lipinski definition) is 6. The van der Waals surface area contributed by atoms with E-state index in [9.17, 15) is 14.9 Å². The Morgan fingerprint density at radius 3 is 2.67 bits per heavy atom. The van der Waals surface area contributed by atoms with Crippen LogP contribution >= 0.6 is 24.0 Å². The van der Waals surface area contributed by atoms with Crippen molar-refractivity contribution >= 4 is 52.7 Å². The van der Waals surface area contributed by atoms with E-state index in [-0.39, 0.29) is 41.7 Å². The fraction of sp³-hybridized carbons (Fsp3) is 0.385. The number of halogens is 2. The maximum Gasteiger partial charge on any atom is 0.435 e. The van der Waals surface area contributed by atoms with Gasteiger partial charge in [0.05, 0.1) is 29.2 Å². The molecule has 0 unspecified atom stereocenters. The second-order valence-electron chi connectivity index (χ2n) is 9.72. The third-order valence-electron chi connectivity index (χ3n) is 6.15. The first-order valence-electron chi connectivity index (χ1n) is 11.6. The SMILES string of the molecule is CC(C)OC(=O)n1nc(NC(=O)[C@@H]2CCC(C)(C)NC2)c2cc(-c3cc(C#N)ccc3Cl)ccc21.Cl. The number of anilines is 1. The van der Waals surface area contributed by atoms with Crippen LogP contribution in [0.1, 0.15) is 46.1 Å². The standard InChI is InChI=1S/C26H28ClN5O3.ClH/c1-15(2)35-25(34)32-22-8-6-17(19-11-16(13-28)5-7-21(19)27)12-20(22)23(31-32)30-24(33)18-9-10-26(3,4)29-14-18;/h5-8,11-12,15,18,29H,9-10,14H2,1-4H3,(H,30,31,33);1H/t18-;/m1./s1. The van der Waals surface area contributed by atoms with Crippen LogP contribution in [0.15, 0.2) is 36.4 Å². The monoisotopic (exact) mass is 529 g/mol. The molecule has 2 aromatic carbocycles. The molecule has 1 aliphatic heterocycles. The number of carbonyl (C=O) groups excluding carboxylic acids is 2. The molecule has 8 nitrogen and oxygen atoms in total. The van der Waals surface area contributed by atoms with Crippen molar-refractivity contribution in [1.29, 1.82) is 5.26 Å². The molecule has 0 radical (unpaired) electrons. The number of amides is 1. The van der Waals surface area contributed by atoms with Gasteiger partial charge in [-0.3, -0.25) is 4.79 Å². The van der Waals surface area contributed by atoms with Gasteiger partial charge < -0.3 is 15.4 Å². The maximum atomic E-state index is 13.1. The number of carbonyl (C=O) groups is 2. The van der Waals surface area contributed by atoms with Crippen molar-refractivity contribution in [1.82, 2.24) is 15.1 Å². The smallest absolute Gasteiger partial charge is 0.435 e. The second-order valence-corrected chi connectivity index (χ2v) is 10.1. The molecule has 1 atom stereocenters. The highest BCUT2D eigenvalue weighted by atomic mass is 35.5. The Bertz CT molecular complexity index is 1330. The fourth-order valence-corrected chi connectivity index (χ4v) is 4.38. The highest BCUT2D eigenvalue weighted by molar-refractivity contribution is 6.33. The van der Waals surface area contributed by atoms with E-state index in [4.69, 9.17) is 16.3 Å². The number of hydrogen-bond donors (Lipinski definition) is 2. The molecule has 1 saturated heterocycles. The van der Waals surface area contributed by atoms with Crippen LogP contribution in [0.2, 0.25) is 5.02 Å². The van der Waals surface area contributed by atoms with E-state index < -0.39 is 6.09 Å². The van der Waals surface area contributed by atoms with E-state index >= 15 is 0 Å². The molecular weight excluding hydrogens is 501 g/mol. The van der Waals surface area contributed by atoms with Crippen molar-refractivity contribution in [2.24, 2.45) is 5.92 Å². The molecule has 1 aliphatic rings. The van der Waals surface area contributed by atoms with Gasteiger partial charge in [-0.05, 0) is 76.4 Å². The minimum Gasteiger partial charge on any atom is -0.445 e. The molecule has 3 aromatic rings. The third kappa shape index (κ3) is 5.81. The van der Waals surface area contributed by atoms with Gasteiger partial charge in [0.15, 0.2) is 5.82 Å². The molecule has 2 N–H and O–H groups in total. The van der Waals surface area contributed by atoms with Crippen LogP contribution in [0.5, 0.6) is 0 Å². The summed E-state index contributed by atoms with van der Waals surface area (Å²) in [7, 11) is 0. The Hall–Kier alpha value is -3.12. The number of nitrogens with zero attached hydrogens (tertiary/aromatic N) is 3. The first kappa shape index (κ1) is 27.5. The first-order valence-corrected chi connectivity index (χ1v) is 12.0. The molecule has 1 amide bonds. The van der Waals surface area contributed by atoms with E-state index in [1.54, 1.807) is 44.2 Å². The van der Waals surface area contributed by atoms with Crippen molar-refractivity contribution < 1.29 is 14.3 Å². The summed E-state index contributed by atoms with van der Waals surface area (Å²) in [4.78, 5) is 25.8. The average molecular weight is 530 g/mol. The van der Waals surface area contributed by atoms with Crippen molar-refractivity contribution in [3.05, 3.63) is 47.0 Å². The minimum absolute atomic E-state index is 0. The molecule has 10 heteroatoms. The highest BCUT2D eigenvalue weighted by Crippen LogP contribution is 2.34. The van der Waals surface area contributed by atoms with Gasteiger partial charge in [0.25, 0.3) is 0 Å². The summed E-state index contributed by atoms with van der Waals surface area (Å²) < 4.78 is 6.50. The Labute approximate surface area is 221 Å². The molecule has 0 aliphatic carbocycles. The summed E-state index contributed by atoms with van der Waals surface area (Å²) in [6.07, 6.45) is 0.660. The van der Waals surface area contributed by atoms with Crippen LogP contribution in [0, 0.1) is 17.2 Å². The molecule has 0 bridgehead atoms. The van der Waals surface area contributed by atoms with Gasteiger partial charge in [0.2, 0.25) is 5.91 Å². The predicted molar refractivity (Wildman–Crippen MR) is 143 cm³/mol. The lowest BCUT2D eigenvalue weighted by Crippen LogP contribution is -2.49. The summed E-state index contributed by atoms with van der Waals surface area (Å²) in [6, 6.07) is 12.5. The Kier molecular flexibility index (Phi) is 8.29. The lowest BCUT2D eigenvalue weighted by atomic mass is 9.86. The topological polar surface area (TPSA) is 109 Å². The van der Waals surface area contributed by atoms with Crippen molar-refractivity contribution in [2.45, 2.75) is 52.2 Å². The largest absolute Gasteiger partial charge is 0.445 e. The molecule has 1 aromatic heterocycles. The van der Waals surface area contributed by atoms with E-state index in [1.165, 1.54) is 0 Å². The molecule has 2 heterocycles. The van der Waals surface area contributed by atoms with Crippen LogP contribution in [0.4, 0.5) is 10.6 Å². The van der Waals surface area contributed by atoms with Gasteiger partial charge in [0, 0.05) is 28.1 Å². The normalized spacial score (nSPS) is 16.8. The lowest BCUT2D eigenvalue weighted by molar-refractivity contribution is -0.120. The average Bonchev–Trinajstić information content (AvgIpc) is 3.16. The van der Waals surface area contributed by atoms with Crippen molar-refractivity contribution in [3.8, 4) is 17.2 Å². The van der Waals surface area contributed by atoms with Gasteiger partial charge in [-0.15, -0.1) is 17.5 Å². The minimum atomic E-state index is -0.635. The van der Waals surface area contributed by atoms with E-state index in [0.29, 0.717) is 33.6 Å². The zero-order chi connectivity index (χ0) is 25.3. The number of nitriles is 1. The fourth-order valence-electron chi connectivity index (χ4n) is 4.15. The first-order chi connectivity index (χ1) is 16.6. The quantitative estimate of drug-likeness (QED) is 0.444. The van der Waals surface area contributed by atoms with Crippen LogP contribution in [0.3, 0.4) is 0 Å². The van der Waals surface area contributed by atoms with Crippen LogP contribution < -0.4 is 10.6 Å². The van der Waals surface area contributed by atoms with E-state index in [1.807, 2.05) is 6.07 Å². The highest BCUT2D eigenvalue weighted by Gasteiger charge is 2.31. The van der Waals surface area contributed by atoms with Gasteiger partial charge in [0.1, 0.15) is 0 Å². The number of nitrogens with one attached hydrogen (secondary N) is 2. The number of aromatic nitrogens is 2. The molecule has 1 fully saturated rings. The van der Waals surface area contributed by atoms with E-state index in [2.05, 4.69) is 35.6 Å². The molecule has 36 heavy (non-hydrogen) atoms. The summed E-state index contributed by atoms with van der Waals surface area (Å²) in [6.45, 7) is 8.31. The molecule has 0 saturated carbocycles. The van der Waals surface area contributed by atoms with Gasteiger partial charge in [-0.1, -0.05) is 17.7 Å². The summed E-state index contributed by atoms with van der Waals surface area (Å²) in [5, 5.41) is 21.1. The summed E-state index contributed by atoms with van der Waals surface area (Å²) >= 11 is 6.42. The van der Waals surface area contributed by atoms with Crippen molar-refractivity contribution in [2.75, 3.05) is 11.9 Å². The third-order valence-corrected chi connectivity index (χ3v) is 6.48. The maximum absolute atomic E-state index is 13.1. The lowest BCUT2D eigenvalue weighted by Gasteiger charge is -2.35. The van der Waals surface area contributed by atoms with E-state index in [0.717, 1.165) is 23.1 Å². The summed E-state index contributed by atoms with van der Waals surface area (Å²) in [5.41, 5.74) is 2.36. The van der Waals surface area contributed by atoms with Crippen LogP contribution in [-0.2, 0) is 9.53 Å². The Morgan fingerprint density at radius 2 is 2.03 bits per heavy atom. The summed E-state index contributed by atoms with van der Waals surface area (Å²) in [5.74, 6) is -0.104. The number of piperidine rings is 1. The molecule has 4 rings (SSSR count).